The standard InChI is InChI=1S/C23H28ClN5O2S/c1-3-5-13-28-22(18-6-8-19(24)9-7-18)27-29(23(28)32)14-11-20(30)26-16-17-10-12-25-21(15-17)31-4-2/h6-10,12,15H,3-5,11,13-14,16H2,1-2H3,(H,26,30). The van der Waals surface area contributed by atoms with E-state index < -0.39 is 0 Å². The fraction of sp³-hybridized carbons (Fsp3) is 0.391. The Morgan fingerprint density at radius 3 is 2.69 bits per heavy atom. The number of carbonyl (C=O) groups excluding carboxylic acids is 1. The Bertz CT molecular complexity index is 1090. The van der Waals surface area contributed by atoms with Crippen LogP contribution in [0.1, 0.15) is 38.7 Å². The van der Waals surface area contributed by atoms with E-state index in [-0.39, 0.29) is 12.3 Å². The summed E-state index contributed by atoms with van der Waals surface area (Å²) in [4.78, 5) is 16.6. The predicted octanol–water partition coefficient (Wildman–Crippen LogP) is 5.03. The second-order valence-corrected chi connectivity index (χ2v) is 8.11. The molecule has 0 aliphatic heterocycles. The van der Waals surface area contributed by atoms with E-state index in [2.05, 4.69) is 17.2 Å². The van der Waals surface area contributed by atoms with Gasteiger partial charge in [0.05, 0.1) is 13.2 Å². The van der Waals surface area contributed by atoms with Gasteiger partial charge in [-0.1, -0.05) is 24.9 Å². The third-order valence-electron chi connectivity index (χ3n) is 4.89. The topological polar surface area (TPSA) is 74.0 Å². The van der Waals surface area contributed by atoms with Crippen molar-refractivity contribution in [2.24, 2.45) is 0 Å². The van der Waals surface area contributed by atoms with Crippen molar-refractivity contribution in [3.8, 4) is 17.3 Å². The van der Waals surface area contributed by atoms with Crippen LogP contribution in [-0.2, 0) is 24.4 Å². The summed E-state index contributed by atoms with van der Waals surface area (Å²) in [5.41, 5.74) is 1.88. The molecule has 0 aliphatic carbocycles. The number of rotatable bonds is 11. The van der Waals surface area contributed by atoms with Gasteiger partial charge in [0, 0.05) is 42.4 Å². The lowest BCUT2D eigenvalue weighted by Crippen LogP contribution is -2.24. The van der Waals surface area contributed by atoms with Crippen molar-refractivity contribution in [3.63, 3.8) is 0 Å². The van der Waals surface area contributed by atoms with Crippen molar-refractivity contribution >= 4 is 29.7 Å². The highest BCUT2D eigenvalue weighted by atomic mass is 35.5. The number of halogens is 1. The van der Waals surface area contributed by atoms with Crippen LogP contribution in [0.2, 0.25) is 5.02 Å². The van der Waals surface area contributed by atoms with Crippen LogP contribution in [0.15, 0.2) is 42.6 Å². The summed E-state index contributed by atoms with van der Waals surface area (Å²) in [7, 11) is 0. The molecule has 0 saturated carbocycles. The fourth-order valence-electron chi connectivity index (χ4n) is 3.20. The van der Waals surface area contributed by atoms with E-state index in [1.807, 2.05) is 47.9 Å². The summed E-state index contributed by atoms with van der Waals surface area (Å²) in [6, 6.07) is 11.2. The molecule has 2 aromatic heterocycles. The molecule has 0 aliphatic rings. The number of aryl methyl sites for hydroxylation is 1. The zero-order chi connectivity index (χ0) is 22.9. The van der Waals surface area contributed by atoms with Gasteiger partial charge >= 0.3 is 0 Å². The molecule has 0 fully saturated rings. The summed E-state index contributed by atoms with van der Waals surface area (Å²) in [6.07, 6.45) is 4.00. The van der Waals surface area contributed by atoms with E-state index in [1.165, 1.54) is 0 Å². The molecule has 1 amide bonds. The summed E-state index contributed by atoms with van der Waals surface area (Å²) < 4.78 is 9.78. The van der Waals surface area contributed by atoms with Crippen molar-refractivity contribution in [1.82, 2.24) is 24.6 Å². The minimum absolute atomic E-state index is 0.0715. The predicted molar refractivity (Wildman–Crippen MR) is 128 cm³/mol. The molecule has 0 saturated heterocycles. The van der Waals surface area contributed by atoms with Gasteiger partial charge in [-0.25, -0.2) is 9.67 Å². The Hall–Kier alpha value is -2.71. The maximum atomic E-state index is 12.4. The molecule has 1 aromatic carbocycles. The van der Waals surface area contributed by atoms with Gasteiger partial charge < -0.3 is 10.1 Å². The van der Waals surface area contributed by atoms with Crippen LogP contribution in [0, 0.1) is 4.77 Å². The van der Waals surface area contributed by atoms with E-state index in [0.29, 0.717) is 35.4 Å². The molecule has 0 atom stereocenters. The second-order valence-electron chi connectivity index (χ2n) is 7.30. The van der Waals surface area contributed by atoms with Crippen molar-refractivity contribution in [2.45, 2.75) is 52.7 Å². The van der Waals surface area contributed by atoms with Crippen LogP contribution in [0.5, 0.6) is 5.88 Å². The van der Waals surface area contributed by atoms with E-state index >= 15 is 0 Å². The third-order valence-corrected chi connectivity index (χ3v) is 5.58. The summed E-state index contributed by atoms with van der Waals surface area (Å²) in [5, 5.41) is 8.32. The number of unbranched alkanes of at least 4 members (excludes halogenated alkanes) is 1. The van der Waals surface area contributed by atoms with Crippen LogP contribution in [0.3, 0.4) is 0 Å². The molecule has 0 bridgehead atoms. The third kappa shape index (κ3) is 6.40. The number of benzene rings is 1. The number of ether oxygens (including phenoxy) is 1. The van der Waals surface area contributed by atoms with E-state index in [1.54, 1.807) is 10.9 Å². The molecule has 3 aromatic rings. The quantitative estimate of drug-likeness (QED) is 0.395. The van der Waals surface area contributed by atoms with E-state index in [0.717, 1.165) is 36.3 Å². The molecule has 0 radical (unpaired) electrons. The number of hydrogen-bond acceptors (Lipinski definition) is 5. The van der Waals surface area contributed by atoms with Gasteiger partial charge in [-0.15, -0.1) is 0 Å². The van der Waals surface area contributed by atoms with Gasteiger partial charge in [0.25, 0.3) is 0 Å². The Labute approximate surface area is 198 Å². The van der Waals surface area contributed by atoms with Crippen molar-refractivity contribution in [1.29, 1.82) is 0 Å². The number of nitrogens with one attached hydrogen (secondary N) is 1. The Balaban J connectivity index is 1.66. The fourth-order valence-corrected chi connectivity index (χ4v) is 3.64. The Morgan fingerprint density at radius 2 is 1.97 bits per heavy atom. The lowest BCUT2D eigenvalue weighted by atomic mass is 10.2. The minimum Gasteiger partial charge on any atom is -0.478 e. The molecular weight excluding hydrogens is 446 g/mol. The van der Waals surface area contributed by atoms with Gasteiger partial charge in [-0.3, -0.25) is 9.36 Å². The maximum Gasteiger partial charge on any atom is 0.222 e. The van der Waals surface area contributed by atoms with Crippen LogP contribution < -0.4 is 10.1 Å². The molecule has 0 unspecified atom stereocenters. The highest BCUT2D eigenvalue weighted by Gasteiger charge is 2.14. The zero-order valence-electron chi connectivity index (χ0n) is 18.4. The van der Waals surface area contributed by atoms with Crippen LogP contribution in [-0.4, -0.2) is 31.8 Å². The average Bonchev–Trinajstić information content (AvgIpc) is 3.11. The first-order chi connectivity index (χ1) is 15.5. The van der Waals surface area contributed by atoms with Crippen LogP contribution in [0.25, 0.3) is 11.4 Å². The van der Waals surface area contributed by atoms with Gasteiger partial charge in [-0.2, -0.15) is 5.10 Å². The monoisotopic (exact) mass is 473 g/mol. The number of nitrogens with zero attached hydrogens (tertiary/aromatic N) is 4. The number of aromatic nitrogens is 4. The number of amides is 1. The average molecular weight is 474 g/mol. The molecule has 170 valence electrons. The van der Waals surface area contributed by atoms with Crippen molar-refractivity contribution in [2.75, 3.05) is 6.61 Å². The SMILES string of the molecule is CCCCn1c(-c2ccc(Cl)cc2)nn(CCC(=O)NCc2ccnc(OCC)c2)c1=S. The normalized spacial score (nSPS) is 10.8. The number of hydrogen-bond donors (Lipinski definition) is 1. The first-order valence-electron chi connectivity index (χ1n) is 10.8. The highest BCUT2D eigenvalue weighted by molar-refractivity contribution is 7.71. The summed E-state index contributed by atoms with van der Waals surface area (Å²) in [6.45, 7) is 6.19. The molecule has 3 rings (SSSR count). The molecule has 0 spiro atoms. The van der Waals surface area contributed by atoms with Gasteiger partial charge in [0.2, 0.25) is 11.8 Å². The minimum atomic E-state index is -0.0715. The van der Waals surface area contributed by atoms with Crippen molar-refractivity contribution < 1.29 is 9.53 Å². The van der Waals surface area contributed by atoms with E-state index in [4.69, 9.17) is 33.7 Å². The Kier molecular flexibility index (Phi) is 8.81. The van der Waals surface area contributed by atoms with Crippen molar-refractivity contribution in [3.05, 3.63) is 58.0 Å². The first-order valence-corrected chi connectivity index (χ1v) is 11.6. The largest absolute Gasteiger partial charge is 0.478 e. The molecule has 9 heteroatoms. The van der Waals surface area contributed by atoms with Gasteiger partial charge in [0.15, 0.2) is 10.6 Å². The lowest BCUT2D eigenvalue weighted by Gasteiger charge is -2.07. The summed E-state index contributed by atoms with van der Waals surface area (Å²) in [5.74, 6) is 1.27. The van der Waals surface area contributed by atoms with Gasteiger partial charge in [-0.05, 0) is 61.5 Å². The molecule has 2 heterocycles. The van der Waals surface area contributed by atoms with Gasteiger partial charge in [0.1, 0.15) is 0 Å². The highest BCUT2D eigenvalue weighted by Crippen LogP contribution is 2.21. The summed E-state index contributed by atoms with van der Waals surface area (Å²) >= 11 is 11.7. The Morgan fingerprint density at radius 1 is 1.19 bits per heavy atom. The number of carbonyl (C=O) groups is 1. The molecule has 1 N–H and O–H groups in total. The lowest BCUT2D eigenvalue weighted by molar-refractivity contribution is -0.121. The molecular formula is C23H28ClN5O2S. The smallest absolute Gasteiger partial charge is 0.222 e. The first kappa shape index (κ1) is 23.9. The van der Waals surface area contributed by atoms with Crippen LogP contribution in [0.4, 0.5) is 0 Å². The molecule has 32 heavy (non-hydrogen) atoms. The molecule has 7 nitrogen and oxygen atoms in total. The van der Waals surface area contributed by atoms with Crippen LogP contribution >= 0.6 is 23.8 Å². The maximum absolute atomic E-state index is 12.4. The second kappa shape index (κ2) is 11.8. The zero-order valence-corrected chi connectivity index (χ0v) is 20.0. The number of pyridine rings is 1. The van der Waals surface area contributed by atoms with E-state index in [9.17, 15) is 4.79 Å².